The lowest BCUT2D eigenvalue weighted by molar-refractivity contribution is 0.227. The summed E-state index contributed by atoms with van der Waals surface area (Å²) in [4.78, 5) is 0. The van der Waals surface area contributed by atoms with Crippen molar-refractivity contribution in [1.29, 1.82) is 5.26 Å². The summed E-state index contributed by atoms with van der Waals surface area (Å²) >= 11 is 0. The number of nitriles is 1. The Morgan fingerprint density at radius 2 is 1.80 bits per heavy atom. The number of hydrogen-bond donors (Lipinski definition) is 1. The van der Waals surface area contributed by atoms with Gasteiger partial charge in [0.15, 0.2) is 5.31 Å². The number of aliphatic hydroxyl groups excluding tert-OH is 1. The molecule has 1 N–H and O–H groups in total. The van der Waals surface area contributed by atoms with E-state index in [-0.39, 0.29) is 18.8 Å². The molecule has 0 heterocycles. The van der Waals surface area contributed by atoms with Gasteiger partial charge in [0.25, 0.3) is 0 Å². The molecule has 0 amide bonds. The Bertz CT molecular complexity index is 567. The van der Waals surface area contributed by atoms with E-state index in [1.165, 1.54) is 12.1 Å². The fourth-order valence-electron chi connectivity index (χ4n) is 1.49. The maximum Gasteiger partial charge on any atom is 0.375 e. The van der Waals surface area contributed by atoms with Crippen molar-refractivity contribution in [2.75, 3.05) is 13.2 Å². The predicted molar refractivity (Wildman–Crippen MR) is 72.4 cm³/mol. The van der Waals surface area contributed by atoms with Crippen molar-refractivity contribution >= 4 is 13.4 Å². The average molecular weight is 299 g/mol. The first-order chi connectivity index (χ1) is 9.48. The fourth-order valence-corrected chi connectivity index (χ4v) is 3.02. The van der Waals surface area contributed by atoms with Gasteiger partial charge in [0.05, 0.1) is 13.2 Å². The highest BCUT2D eigenvalue weighted by atomic mass is 31.2. The van der Waals surface area contributed by atoms with Crippen LogP contribution in [-0.2, 0) is 13.6 Å². The van der Waals surface area contributed by atoms with Gasteiger partial charge in [-0.2, -0.15) is 5.26 Å². The van der Waals surface area contributed by atoms with Gasteiger partial charge in [-0.1, -0.05) is 0 Å². The van der Waals surface area contributed by atoms with Gasteiger partial charge in [0.2, 0.25) is 0 Å². The summed E-state index contributed by atoms with van der Waals surface area (Å²) in [5.74, 6) is -1.03. The zero-order valence-electron chi connectivity index (χ0n) is 11.2. The van der Waals surface area contributed by atoms with E-state index in [1.54, 1.807) is 19.9 Å². The minimum Gasteiger partial charge on any atom is -0.506 e. The molecule has 5 nitrogen and oxygen atoms in total. The molecule has 0 aliphatic carbocycles. The van der Waals surface area contributed by atoms with Crippen molar-refractivity contribution in [1.82, 2.24) is 0 Å². The van der Waals surface area contributed by atoms with Crippen LogP contribution in [0.1, 0.15) is 19.4 Å². The Labute approximate surface area is 116 Å². The lowest BCUT2D eigenvalue weighted by Crippen LogP contribution is -2.00. The summed E-state index contributed by atoms with van der Waals surface area (Å²) in [6, 6.07) is 6.42. The second-order valence-corrected chi connectivity index (χ2v) is 5.61. The normalized spacial score (nSPS) is 12.7. The van der Waals surface area contributed by atoms with Crippen molar-refractivity contribution in [3.8, 4) is 6.07 Å². The molecule has 0 atom stereocenters. The molecule has 0 saturated heterocycles. The maximum atomic E-state index is 12.8. The van der Waals surface area contributed by atoms with Crippen molar-refractivity contribution < 1.29 is 23.1 Å². The summed E-state index contributed by atoms with van der Waals surface area (Å²) in [7, 11) is -3.89. The minimum absolute atomic E-state index is 0.0547. The Balaban J connectivity index is 3.33. The van der Waals surface area contributed by atoms with Crippen LogP contribution in [0.3, 0.4) is 0 Å². The monoisotopic (exact) mass is 299 g/mol. The van der Waals surface area contributed by atoms with Crippen LogP contribution in [0.4, 0.5) is 4.39 Å². The molecule has 0 bridgehead atoms. The van der Waals surface area contributed by atoms with Gasteiger partial charge in [0.1, 0.15) is 17.6 Å². The second kappa shape index (κ2) is 7.20. The van der Waals surface area contributed by atoms with Gasteiger partial charge in [0, 0.05) is 5.56 Å². The third-order valence-corrected chi connectivity index (χ3v) is 4.38. The van der Waals surface area contributed by atoms with Gasteiger partial charge in [-0.05, 0) is 38.1 Å². The summed E-state index contributed by atoms with van der Waals surface area (Å²) in [5.41, 5.74) is 0.155. The molecule has 0 radical (unpaired) electrons. The zero-order chi connectivity index (χ0) is 15.2. The number of nitrogens with zero attached hydrogens (tertiary/aromatic N) is 1. The van der Waals surface area contributed by atoms with Crippen LogP contribution in [-0.4, -0.2) is 18.3 Å². The molecule has 1 aromatic carbocycles. The Morgan fingerprint density at radius 3 is 2.20 bits per heavy atom. The van der Waals surface area contributed by atoms with Crippen molar-refractivity contribution in [3.63, 3.8) is 0 Å². The molecular formula is C13H15FNO4P. The van der Waals surface area contributed by atoms with Gasteiger partial charge in [-0.3, -0.25) is 4.57 Å². The summed E-state index contributed by atoms with van der Waals surface area (Å²) in [5, 5.41) is 18.7. The van der Waals surface area contributed by atoms with Crippen molar-refractivity contribution in [2.45, 2.75) is 13.8 Å². The van der Waals surface area contributed by atoms with E-state index in [1.807, 2.05) is 0 Å². The fraction of sp³-hybridized carbons (Fsp3) is 0.308. The second-order valence-electron chi connectivity index (χ2n) is 3.65. The highest BCUT2D eigenvalue weighted by molar-refractivity contribution is 7.59. The summed E-state index contributed by atoms with van der Waals surface area (Å²) in [6.45, 7) is 3.30. The van der Waals surface area contributed by atoms with Crippen LogP contribution in [0.2, 0.25) is 0 Å². The van der Waals surface area contributed by atoms with Gasteiger partial charge in [-0.25, -0.2) is 4.39 Å². The Kier molecular flexibility index (Phi) is 5.90. The molecule has 0 unspecified atom stereocenters. The highest BCUT2D eigenvalue weighted by Crippen LogP contribution is 2.57. The molecule has 0 saturated carbocycles. The average Bonchev–Trinajstić information content (AvgIpc) is 2.40. The minimum atomic E-state index is -3.89. The Hall–Kier alpha value is -1.67. The molecule has 1 aromatic rings. The highest BCUT2D eigenvalue weighted by Gasteiger charge is 2.33. The molecule has 108 valence electrons. The largest absolute Gasteiger partial charge is 0.506 e. The maximum absolute atomic E-state index is 12.8. The van der Waals surface area contributed by atoms with Crippen molar-refractivity contribution in [2.24, 2.45) is 0 Å². The van der Waals surface area contributed by atoms with Crippen LogP contribution >= 0.6 is 7.60 Å². The third-order valence-electron chi connectivity index (χ3n) is 2.32. The molecule has 0 aromatic heterocycles. The molecule has 7 heteroatoms. The van der Waals surface area contributed by atoms with Gasteiger partial charge in [-0.15, -0.1) is 0 Å². The van der Waals surface area contributed by atoms with Crippen LogP contribution in [0, 0.1) is 17.1 Å². The van der Waals surface area contributed by atoms with E-state index < -0.39 is 24.5 Å². The molecule has 0 spiro atoms. The third kappa shape index (κ3) is 3.67. The zero-order valence-corrected chi connectivity index (χ0v) is 12.1. The van der Waals surface area contributed by atoms with E-state index in [0.29, 0.717) is 0 Å². The molecule has 20 heavy (non-hydrogen) atoms. The van der Waals surface area contributed by atoms with E-state index in [0.717, 1.165) is 12.1 Å². The van der Waals surface area contributed by atoms with Crippen LogP contribution < -0.4 is 0 Å². The first kappa shape index (κ1) is 16.4. The van der Waals surface area contributed by atoms with Crippen LogP contribution in [0.25, 0.3) is 5.76 Å². The molecule has 0 fully saturated rings. The SMILES string of the molecule is CCOP(=O)(OCC)C(C#N)=C(O)c1ccc(F)cc1. The number of hydrogen-bond acceptors (Lipinski definition) is 5. The molecule has 0 aliphatic rings. The van der Waals surface area contributed by atoms with Crippen LogP contribution in [0.5, 0.6) is 0 Å². The summed E-state index contributed by atoms with van der Waals surface area (Å²) < 4.78 is 35.3. The Morgan fingerprint density at radius 1 is 1.30 bits per heavy atom. The topological polar surface area (TPSA) is 79.5 Å². The lowest BCUT2D eigenvalue weighted by atomic mass is 10.2. The first-order valence-corrected chi connectivity index (χ1v) is 7.51. The number of aliphatic hydroxyl groups is 1. The quantitative estimate of drug-likeness (QED) is 0.490. The van der Waals surface area contributed by atoms with E-state index in [2.05, 4.69) is 0 Å². The van der Waals surface area contributed by atoms with Gasteiger partial charge >= 0.3 is 7.60 Å². The van der Waals surface area contributed by atoms with E-state index in [4.69, 9.17) is 14.3 Å². The molecular weight excluding hydrogens is 284 g/mol. The van der Waals surface area contributed by atoms with Crippen LogP contribution in [0.15, 0.2) is 29.6 Å². The number of allylic oxidation sites excluding steroid dienone is 1. The van der Waals surface area contributed by atoms with E-state index in [9.17, 15) is 14.1 Å². The first-order valence-electron chi connectivity index (χ1n) is 5.97. The number of rotatable bonds is 6. The molecule has 0 aliphatic heterocycles. The lowest BCUT2D eigenvalue weighted by Gasteiger charge is -2.17. The standard InChI is InChI=1S/C13H15FNO4P/c1-3-18-20(17,19-4-2)12(9-15)13(16)10-5-7-11(14)8-6-10/h5-8,16H,3-4H2,1-2H3. The van der Waals surface area contributed by atoms with Crippen molar-refractivity contribution in [3.05, 3.63) is 41.0 Å². The number of halogens is 1. The van der Waals surface area contributed by atoms with Gasteiger partial charge < -0.3 is 14.2 Å². The summed E-state index contributed by atoms with van der Waals surface area (Å²) in [6.07, 6.45) is 0. The smallest absolute Gasteiger partial charge is 0.375 e. The van der Waals surface area contributed by atoms with E-state index >= 15 is 0 Å². The number of benzene rings is 1. The molecule has 1 rings (SSSR count). The predicted octanol–water partition coefficient (Wildman–Crippen LogP) is 3.84.